The van der Waals surface area contributed by atoms with Gasteiger partial charge in [-0.15, -0.1) is 0 Å². The van der Waals surface area contributed by atoms with Gasteiger partial charge in [-0.3, -0.25) is 9.78 Å². The van der Waals surface area contributed by atoms with Crippen molar-refractivity contribution in [2.75, 3.05) is 7.11 Å². The number of pyridine rings is 2. The maximum absolute atomic E-state index is 12.2. The Bertz CT molecular complexity index is 785. The highest BCUT2D eigenvalue weighted by atomic mass is 16.5. The lowest BCUT2D eigenvalue weighted by molar-refractivity contribution is 0.406. The van der Waals surface area contributed by atoms with Crippen molar-refractivity contribution in [3.8, 4) is 11.8 Å². The van der Waals surface area contributed by atoms with Gasteiger partial charge in [0.25, 0.3) is 5.56 Å². The molecule has 0 saturated heterocycles. The van der Waals surface area contributed by atoms with E-state index in [0.717, 1.165) is 28.3 Å². The van der Waals surface area contributed by atoms with E-state index in [-0.39, 0.29) is 11.1 Å². The van der Waals surface area contributed by atoms with Gasteiger partial charge in [0.15, 0.2) is 0 Å². The van der Waals surface area contributed by atoms with Gasteiger partial charge in [0.1, 0.15) is 17.4 Å². The third kappa shape index (κ3) is 2.65. The van der Waals surface area contributed by atoms with Crippen molar-refractivity contribution in [1.82, 2.24) is 9.55 Å². The zero-order valence-corrected chi connectivity index (χ0v) is 12.6. The van der Waals surface area contributed by atoms with Crippen LogP contribution in [0.1, 0.15) is 28.1 Å². The SMILES string of the molecule is COc1c(C)cnc(Cn2c(C)ccc(C#N)c2=O)c1C. The Balaban J connectivity index is 2.54. The molecule has 21 heavy (non-hydrogen) atoms. The first-order chi connectivity index (χ1) is 9.99. The van der Waals surface area contributed by atoms with Crippen LogP contribution in [0.15, 0.2) is 23.1 Å². The molecule has 2 aromatic heterocycles. The highest BCUT2D eigenvalue weighted by Crippen LogP contribution is 2.24. The standard InChI is InChI=1S/C16H17N3O2/c1-10-8-18-14(12(3)15(10)21-4)9-19-11(2)5-6-13(7-17)16(19)20/h5-6,8H,9H2,1-4H3. The Kier molecular flexibility index (Phi) is 4.08. The molecular weight excluding hydrogens is 266 g/mol. The maximum atomic E-state index is 12.2. The largest absolute Gasteiger partial charge is 0.496 e. The van der Waals surface area contributed by atoms with Crippen molar-refractivity contribution >= 4 is 0 Å². The van der Waals surface area contributed by atoms with Crippen LogP contribution < -0.4 is 10.3 Å². The summed E-state index contributed by atoms with van der Waals surface area (Å²) in [5.74, 6) is 0.780. The topological polar surface area (TPSA) is 67.9 Å². The molecule has 0 aliphatic carbocycles. The Hall–Kier alpha value is -2.61. The fourth-order valence-corrected chi connectivity index (χ4v) is 2.33. The van der Waals surface area contributed by atoms with E-state index in [2.05, 4.69) is 4.98 Å². The van der Waals surface area contributed by atoms with E-state index in [1.54, 1.807) is 30.0 Å². The van der Waals surface area contributed by atoms with Gasteiger partial charge in [-0.1, -0.05) is 0 Å². The molecule has 0 saturated carbocycles. The number of rotatable bonds is 3. The number of aromatic nitrogens is 2. The van der Waals surface area contributed by atoms with Crippen LogP contribution in [0.3, 0.4) is 0 Å². The van der Waals surface area contributed by atoms with Crippen molar-refractivity contribution in [2.45, 2.75) is 27.3 Å². The third-order valence-electron chi connectivity index (χ3n) is 3.57. The van der Waals surface area contributed by atoms with Gasteiger partial charge in [0.2, 0.25) is 0 Å². The summed E-state index contributed by atoms with van der Waals surface area (Å²) < 4.78 is 6.94. The molecule has 0 N–H and O–H groups in total. The van der Waals surface area contributed by atoms with Gasteiger partial charge in [-0.2, -0.15) is 5.26 Å². The van der Waals surface area contributed by atoms with E-state index in [0.29, 0.717) is 6.54 Å². The highest BCUT2D eigenvalue weighted by molar-refractivity contribution is 5.41. The number of aryl methyl sites for hydroxylation is 2. The predicted molar refractivity (Wildman–Crippen MR) is 79.5 cm³/mol. The van der Waals surface area contributed by atoms with Crippen LogP contribution in [0.2, 0.25) is 0 Å². The molecule has 2 aromatic rings. The average Bonchev–Trinajstić information content (AvgIpc) is 2.46. The molecule has 2 heterocycles. The zero-order valence-electron chi connectivity index (χ0n) is 12.6. The van der Waals surface area contributed by atoms with Crippen molar-refractivity contribution in [2.24, 2.45) is 0 Å². The van der Waals surface area contributed by atoms with Crippen LogP contribution in [0, 0.1) is 32.1 Å². The number of ether oxygens (including phenoxy) is 1. The lowest BCUT2D eigenvalue weighted by atomic mass is 10.1. The molecule has 0 unspecified atom stereocenters. The first-order valence-corrected chi connectivity index (χ1v) is 6.59. The minimum absolute atomic E-state index is 0.136. The molecule has 0 atom stereocenters. The summed E-state index contributed by atoms with van der Waals surface area (Å²) in [6.07, 6.45) is 1.73. The van der Waals surface area contributed by atoms with Crippen LogP contribution in [-0.4, -0.2) is 16.7 Å². The van der Waals surface area contributed by atoms with Crippen molar-refractivity contribution in [3.63, 3.8) is 0 Å². The van der Waals surface area contributed by atoms with Gasteiger partial charge < -0.3 is 9.30 Å². The first kappa shape index (κ1) is 14.8. The Morgan fingerprint density at radius 3 is 2.67 bits per heavy atom. The summed E-state index contributed by atoms with van der Waals surface area (Å²) >= 11 is 0. The molecule has 0 radical (unpaired) electrons. The van der Waals surface area contributed by atoms with E-state index in [4.69, 9.17) is 10.00 Å². The van der Waals surface area contributed by atoms with Gasteiger partial charge >= 0.3 is 0 Å². The number of methoxy groups -OCH3 is 1. The van der Waals surface area contributed by atoms with Gasteiger partial charge in [-0.05, 0) is 32.9 Å². The fourth-order valence-electron chi connectivity index (χ4n) is 2.33. The molecular formula is C16H17N3O2. The molecule has 0 aliphatic rings. The molecule has 0 fully saturated rings. The van der Waals surface area contributed by atoms with Crippen LogP contribution in [-0.2, 0) is 6.54 Å². The van der Waals surface area contributed by atoms with E-state index >= 15 is 0 Å². The quantitative estimate of drug-likeness (QED) is 0.865. The van der Waals surface area contributed by atoms with E-state index in [1.165, 1.54) is 0 Å². The minimum atomic E-state index is -0.293. The van der Waals surface area contributed by atoms with Crippen LogP contribution in [0.25, 0.3) is 0 Å². The van der Waals surface area contributed by atoms with E-state index in [9.17, 15) is 4.79 Å². The summed E-state index contributed by atoms with van der Waals surface area (Å²) in [4.78, 5) is 16.6. The monoisotopic (exact) mass is 283 g/mol. The van der Waals surface area contributed by atoms with Crippen LogP contribution in [0.5, 0.6) is 5.75 Å². The van der Waals surface area contributed by atoms with Crippen molar-refractivity contribution in [3.05, 3.63) is 56.8 Å². The van der Waals surface area contributed by atoms with Crippen LogP contribution in [0.4, 0.5) is 0 Å². The molecule has 108 valence electrons. The van der Waals surface area contributed by atoms with Gasteiger partial charge in [0, 0.05) is 23.0 Å². The number of hydrogen-bond donors (Lipinski definition) is 0. The number of nitrogens with zero attached hydrogens (tertiary/aromatic N) is 3. The second-order valence-corrected chi connectivity index (χ2v) is 4.94. The second kappa shape index (κ2) is 5.80. The average molecular weight is 283 g/mol. The highest BCUT2D eigenvalue weighted by Gasteiger charge is 2.12. The summed E-state index contributed by atoms with van der Waals surface area (Å²) in [6, 6.07) is 5.23. The summed E-state index contributed by atoms with van der Waals surface area (Å²) in [5, 5.41) is 8.97. The lowest BCUT2D eigenvalue weighted by Gasteiger charge is -2.15. The minimum Gasteiger partial charge on any atom is -0.496 e. The molecule has 0 aliphatic heterocycles. The third-order valence-corrected chi connectivity index (χ3v) is 3.57. The molecule has 5 heteroatoms. The van der Waals surface area contributed by atoms with Gasteiger partial charge in [-0.25, -0.2) is 0 Å². The predicted octanol–water partition coefficient (Wildman–Crippen LogP) is 2.10. The van der Waals surface area contributed by atoms with Crippen molar-refractivity contribution < 1.29 is 4.74 Å². The number of hydrogen-bond acceptors (Lipinski definition) is 4. The Morgan fingerprint density at radius 1 is 1.33 bits per heavy atom. The molecule has 0 amide bonds. The molecule has 5 nitrogen and oxygen atoms in total. The van der Waals surface area contributed by atoms with E-state index in [1.807, 2.05) is 26.8 Å². The zero-order chi connectivity index (χ0) is 15.6. The fraction of sp³-hybridized carbons (Fsp3) is 0.312. The Labute approximate surface area is 123 Å². The summed E-state index contributed by atoms with van der Waals surface area (Å²) in [7, 11) is 1.62. The Morgan fingerprint density at radius 2 is 2.05 bits per heavy atom. The number of nitriles is 1. The van der Waals surface area contributed by atoms with Gasteiger partial charge in [0.05, 0.1) is 19.3 Å². The van der Waals surface area contributed by atoms with Crippen molar-refractivity contribution in [1.29, 1.82) is 5.26 Å². The van der Waals surface area contributed by atoms with E-state index < -0.39 is 0 Å². The first-order valence-electron chi connectivity index (χ1n) is 6.59. The smallest absolute Gasteiger partial charge is 0.269 e. The molecule has 2 rings (SSSR count). The molecule has 0 aromatic carbocycles. The maximum Gasteiger partial charge on any atom is 0.269 e. The van der Waals surface area contributed by atoms with Crippen LogP contribution >= 0.6 is 0 Å². The second-order valence-electron chi connectivity index (χ2n) is 4.94. The summed E-state index contributed by atoms with van der Waals surface area (Å²) in [6.45, 7) is 6.00. The normalized spacial score (nSPS) is 10.2. The summed E-state index contributed by atoms with van der Waals surface area (Å²) in [5.41, 5.74) is 3.26. The lowest BCUT2D eigenvalue weighted by Crippen LogP contribution is -2.25. The molecule has 0 spiro atoms. The molecule has 0 bridgehead atoms.